The summed E-state index contributed by atoms with van der Waals surface area (Å²) in [5, 5.41) is 0.740. The Morgan fingerprint density at radius 1 is 0.810 bits per heavy atom. The van der Waals surface area contributed by atoms with Gasteiger partial charge in [-0.15, -0.1) is 0 Å². The number of anilines is 2. The second-order valence-corrected chi connectivity index (χ2v) is 5.20. The summed E-state index contributed by atoms with van der Waals surface area (Å²) < 4.78 is 0. The summed E-state index contributed by atoms with van der Waals surface area (Å²) in [5.74, 6) is 0. The highest BCUT2D eigenvalue weighted by atomic mass is 35.5. The minimum atomic E-state index is 0.740. The molecule has 104 valence electrons. The van der Waals surface area contributed by atoms with Gasteiger partial charge in [0.25, 0.3) is 0 Å². The Hall–Kier alpha value is -2.32. The number of hydrogen-bond donors (Lipinski definition) is 0. The molecule has 0 aliphatic carbocycles. The van der Waals surface area contributed by atoms with Gasteiger partial charge >= 0.3 is 0 Å². The summed E-state index contributed by atoms with van der Waals surface area (Å²) >= 11 is 5.99. The summed E-state index contributed by atoms with van der Waals surface area (Å²) in [6, 6.07) is 22.3. The molecule has 2 nitrogen and oxygen atoms in total. The maximum atomic E-state index is 5.99. The number of aromatic nitrogens is 1. The van der Waals surface area contributed by atoms with Crippen molar-refractivity contribution in [3.05, 3.63) is 89.7 Å². The fourth-order valence-electron chi connectivity index (χ4n) is 2.23. The van der Waals surface area contributed by atoms with Gasteiger partial charge in [-0.2, -0.15) is 0 Å². The molecule has 1 aromatic heterocycles. The minimum absolute atomic E-state index is 0.740. The van der Waals surface area contributed by atoms with E-state index in [0.29, 0.717) is 0 Å². The number of benzene rings is 2. The molecule has 0 fully saturated rings. The molecule has 0 saturated heterocycles. The summed E-state index contributed by atoms with van der Waals surface area (Å²) in [4.78, 5) is 6.44. The quantitative estimate of drug-likeness (QED) is 0.667. The highest BCUT2D eigenvalue weighted by Gasteiger charge is 2.10. The van der Waals surface area contributed by atoms with Crippen molar-refractivity contribution in [2.24, 2.45) is 0 Å². The van der Waals surface area contributed by atoms with E-state index in [1.807, 2.05) is 42.6 Å². The standard InChI is InChI=1S/C18H15ClN2/c19-16-8-10-17(11-9-16)21(18-7-4-12-20-13-18)14-15-5-2-1-3-6-15/h1-13H,14H2. The molecule has 0 N–H and O–H groups in total. The molecule has 0 atom stereocenters. The molecular formula is C18H15ClN2. The lowest BCUT2D eigenvalue weighted by molar-refractivity contribution is 0.969. The van der Waals surface area contributed by atoms with Crippen LogP contribution in [0.15, 0.2) is 79.1 Å². The molecule has 1 heterocycles. The Labute approximate surface area is 129 Å². The fraction of sp³-hybridized carbons (Fsp3) is 0.0556. The van der Waals surface area contributed by atoms with Gasteiger partial charge in [0.2, 0.25) is 0 Å². The number of rotatable bonds is 4. The first-order valence-electron chi connectivity index (χ1n) is 6.80. The van der Waals surface area contributed by atoms with Crippen molar-refractivity contribution >= 4 is 23.0 Å². The lowest BCUT2D eigenvalue weighted by atomic mass is 10.2. The molecule has 2 aromatic carbocycles. The molecule has 0 aliphatic rings. The van der Waals surface area contributed by atoms with Crippen LogP contribution in [0.2, 0.25) is 5.02 Å². The largest absolute Gasteiger partial charge is 0.336 e. The van der Waals surface area contributed by atoms with Crippen LogP contribution < -0.4 is 4.90 Å². The number of nitrogens with zero attached hydrogens (tertiary/aromatic N) is 2. The molecule has 0 amide bonds. The SMILES string of the molecule is Clc1ccc(N(Cc2ccccc2)c2cccnc2)cc1. The zero-order valence-corrected chi connectivity index (χ0v) is 12.2. The van der Waals surface area contributed by atoms with E-state index < -0.39 is 0 Å². The molecule has 0 radical (unpaired) electrons. The smallest absolute Gasteiger partial charge is 0.0600 e. The Bertz CT molecular complexity index is 681. The average Bonchev–Trinajstić information content (AvgIpc) is 2.55. The van der Waals surface area contributed by atoms with Crippen molar-refractivity contribution in [1.29, 1.82) is 0 Å². The molecule has 3 heteroatoms. The van der Waals surface area contributed by atoms with Gasteiger partial charge < -0.3 is 4.90 Å². The highest BCUT2D eigenvalue weighted by Crippen LogP contribution is 2.27. The van der Waals surface area contributed by atoms with E-state index in [1.54, 1.807) is 6.20 Å². The molecule has 0 bridgehead atoms. The van der Waals surface area contributed by atoms with Gasteiger partial charge in [0.15, 0.2) is 0 Å². The van der Waals surface area contributed by atoms with E-state index in [0.717, 1.165) is 22.9 Å². The molecular weight excluding hydrogens is 280 g/mol. The molecule has 3 aromatic rings. The minimum Gasteiger partial charge on any atom is -0.336 e. The third kappa shape index (κ3) is 3.41. The van der Waals surface area contributed by atoms with Crippen LogP contribution in [0.4, 0.5) is 11.4 Å². The normalized spacial score (nSPS) is 10.3. The van der Waals surface area contributed by atoms with Gasteiger partial charge in [-0.3, -0.25) is 4.98 Å². The summed E-state index contributed by atoms with van der Waals surface area (Å²) in [6.45, 7) is 0.786. The van der Waals surface area contributed by atoms with Crippen molar-refractivity contribution < 1.29 is 0 Å². The monoisotopic (exact) mass is 294 g/mol. The van der Waals surface area contributed by atoms with Gasteiger partial charge in [0.05, 0.1) is 11.9 Å². The van der Waals surface area contributed by atoms with E-state index >= 15 is 0 Å². The van der Waals surface area contributed by atoms with E-state index in [-0.39, 0.29) is 0 Å². The molecule has 0 spiro atoms. The van der Waals surface area contributed by atoms with Crippen LogP contribution in [0.3, 0.4) is 0 Å². The van der Waals surface area contributed by atoms with Gasteiger partial charge in [0, 0.05) is 23.5 Å². The van der Waals surface area contributed by atoms with Crippen molar-refractivity contribution in [2.75, 3.05) is 4.90 Å². The first kappa shape index (κ1) is 13.7. The van der Waals surface area contributed by atoms with Crippen LogP contribution in [-0.2, 0) is 6.54 Å². The van der Waals surface area contributed by atoms with E-state index in [4.69, 9.17) is 11.6 Å². The van der Waals surface area contributed by atoms with Crippen LogP contribution in [0.1, 0.15) is 5.56 Å². The third-order valence-corrected chi connectivity index (χ3v) is 3.53. The first-order chi connectivity index (χ1) is 10.3. The van der Waals surface area contributed by atoms with Crippen molar-refractivity contribution in [2.45, 2.75) is 6.54 Å². The first-order valence-corrected chi connectivity index (χ1v) is 7.18. The molecule has 0 aliphatic heterocycles. The highest BCUT2D eigenvalue weighted by molar-refractivity contribution is 6.30. The number of halogens is 1. The van der Waals surface area contributed by atoms with Gasteiger partial charge in [-0.1, -0.05) is 41.9 Å². The van der Waals surface area contributed by atoms with Crippen molar-refractivity contribution in [3.63, 3.8) is 0 Å². The fourth-order valence-corrected chi connectivity index (χ4v) is 2.36. The topological polar surface area (TPSA) is 16.1 Å². The Morgan fingerprint density at radius 2 is 1.57 bits per heavy atom. The van der Waals surface area contributed by atoms with Crippen molar-refractivity contribution in [3.8, 4) is 0 Å². The van der Waals surface area contributed by atoms with Gasteiger partial charge in [-0.25, -0.2) is 0 Å². The maximum Gasteiger partial charge on any atom is 0.0600 e. The lowest BCUT2D eigenvalue weighted by Gasteiger charge is -2.25. The Morgan fingerprint density at radius 3 is 2.24 bits per heavy atom. The molecule has 0 unspecified atom stereocenters. The van der Waals surface area contributed by atoms with Gasteiger partial charge in [0.1, 0.15) is 0 Å². The zero-order valence-electron chi connectivity index (χ0n) is 11.5. The average molecular weight is 295 g/mol. The lowest BCUT2D eigenvalue weighted by Crippen LogP contribution is -2.16. The molecule has 3 rings (SSSR count). The summed E-state index contributed by atoms with van der Waals surface area (Å²) in [6.07, 6.45) is 3.66. The summed E-state index contributed by atoms with van der Waals surface area (Å²) in [5.41, 5.74) is 3.40. The predicted octanol–water partition coefficient (Wildman–Crippen LogP) is 5.07. The second kappa shape index (κ2) is 6.42. The van der Waals surface area contributed by atoms with Crippen LogP contribution in [0, 0.1) is 0 Å². The van der Waals surface area contributed by atoms with E-state index in [2.05, 4.69) is 40.2 Å². The summed E-state index contributed by atoms with van der Waals surface area (Å²) in [7, 11) is 0. The predicted molar refractivity (Wildman–Crippen MR) is 88.0 cm³/mol. The van der Waals surface area contributed by atoms with E-state index in [1.165, 1.54) is 5.56 Å². The Kier molecular flexibility index (Phi) is 4.17. The van der Waals surface area contributed by atoms with Crippen LogP contribution in [0.25, 0.3) is 0 Å². The Balaban J connectivity index is 1.97. The molecule has 0 saturated carbocycles. The van der Waals surface area contributed by atoms with Crippen LogP contribution >= 0.6 is 11.6 Å². The van der Waals surface area contributed by atoms with E-state index in [9.17, 15) is 0 Å². The second-order valence-electron chi connectivity index (χ2n) is 4.76. The van der Waals surface area contributed by atoms with Crippen molar-refractivity contribution in [1.82, 2.24) is 4.98 Å². The van der Waals surface area contributed by atoms with Crippen LogP contribution in [0.5, 0.6) is 0 Å². The maximum absolute atomic E-state index is 5.99. The number of hydrogen-bond acceptors (Lipinski definition) is 2. The third-order valence-electron chi connectivity index (χ3n) is 3.28. The van der Waals surface area contributed by atoms with Gasteiger partial charge in [-0.05, 0) is 42.0 Å². The number of pyridine rings is 1. The zero-order chi connectivity index (χ0) is 14.5. The molecule has 21 heavy (non-hydrogen) atoms. The van der Waals surface area contributed by atoms with Crippen LogP contribution in [-0.4, -0.2) is 4.98 Å².